The zero-order valence-corrected chi connectivity index (χ0v) is 9.81. The van der Waals surface area contributed by atoms with E-state index in [4.69, 9.17) is 5.11 Å². The van der Waals surface area contributed by atoms with Crippen LogP contribution >= 0.6 is 0 Å². The summed E-state index contributed by atoms with van der Waals surface area (Å²) in [5.41, 5.74) is 1.05. The molecule has 1 rings (SSSR count). The number of hydrogen-bond donors (Lipinski definition) is 1. The molecule has 16 heavy (non-hydrogen) atoms. The van der Waals surface area contributed by atoms with Crippen LogP contribution in [0.1, 0.15) is 37.0 Å². The van der Waals surface area contributed by atoms with E-state index in [1.54, 1.807) is 12.3 Å². The van der Waals surface area contributed by atoms with Crippen LogP contribution in [0.25, 0.3) is 0 Å². The molecule has 1 aromatic heterocycles. The summed E-state index contributed by atoms with van der Waals surface area (Å²) < 4.78 is 0. The monoisotopic (exact) mass is 222 g/mol. The first-order valence-corrected chi connectivity index (χ1v) is 5.63. The van der Waals surface area contributed by atoms with Crippen LogP contribution in [0, 0.1) is 0 Å². The van der Waals surface area contributed by atoms with E-state index >= 15 is 0 Å². The third-order valence-corrected chi connectivity index (χ3v) is 2.36. The van der Waals surface area contributed by atoms with Crippen molar-refractivity contribution in [2.45, 2.75) is 26.7 Å². The van der Waals surface area contributed by atoms with Crippen LogP contribution in [0.2, 0.25) is 0 Å². The van der Waals surface area contributed by atoms with Crippen molar-refractivity contribution in [1.82, 2.24) is 4.98 Å². The van der Waals surface area contributed by atoms with Gasteiger partial charge in [-0.2, -0.15) is 0 Å². The summed E-state index contributed by atoms with van der Waals surface area (Å²) >= 11 is 0. The predicted octanol–water partition coefficient (Wildman–Crippen LogP) is 2.41. The average molecular weight is 222 g/mol. The van der Waals surface area contributed by atoms with Crippen molar-refractivity contribution in [1.29, 1.82) is 0 Å². The van der Waals surface area contributed by atoms with Crippen molar-refractivity contribution in [3.05, 3.63) is 24.0 Å². The van der Waals surface area contributed by atoms with E-state index in [2.05, 4.69) is 23.7 Å². The van der Waals surface area contributed by atoms with Crippen LogP contribution in [0.5, 0.6) is 0 Å². The van der Waals surface area contributed by atoms with Gasteiger partial charge in [0.1, 0.15) is 0 Å². The van der Waals surface area contributed by atoms with Gasteiger partial charge in [0.15, 0.2) is 0 Å². The Bertz CT molecular complexity index is 347. The highest BCUT2D eigenvalue weighted by molar-refractivity contribution is 5.94. The Morgan fingerprint density at radius 1 is 1.38 bits per heavy atom. The first-order chi connectivity index (χ1) is 7.70. The van der Waals surface area contributed by atoms with Gasteiger partial charge in [-0.05, 0) is 18.9 Å². The minimum absolute atomic E-state index is 0.330. The Morgan fingerprint density at radius 3 is 2.50 bits per heavy atom. The third kappa shape index (κ3) is 2.95. The van der Waals surface area contributed by atoms with E-state index < -0.39 is 5.97 Å². The smallest absolute Gasteiger partial charge is 0.337 e. The molecule has 0 spiro atoms. The maximum atomic E-state index is 11.1. The molecule has 88 valence electrons. The predicted molar refractivity (Wildman–Crippen MR) is 64.0 cm³/mol. The number of carboxylic acid groups (broad SMARTS) is 1. The quantitative estimate of drug-likeness (QED) is 0.803. The van der Waals surface area contributed by atoms with Gasteiger partial charge < -0.3 is 10.0 Å². The second-order valence-corrected chi connectivity index (χ2v) is 3.69. The Kier molecular flexibility index (Phi) is 4.76. The molecular weight excluding hydrogens is 204 g/mol. The Labute approximate surface area is 95.9 Å². The molecule has 0 amide bonds. The Hall–Kier alpha value is -1.58. The van der Waals surface area contributed by atoms with Gasteiger partial charge in [0.05, 0.1) is 17.4 Å². The molecule has 0 atom stereocenters. The van der Waals surface area contributed by atoms with Crippen molar-refractivity contribution in [3.63, 3.8) is 0 Å². The number of carbonyl (C=O) groups is 1. The first-order valence-electron chi connectivity index (χ1n) is 5.63. The highest BCUT2D eigenvalue weighted by Gasteiger charge is 2.14. The molecule has 0 aromatic carbocycles. The molecule has 0 radical (unpaired) electrons. The molecular formula is C12H18N2O2. The van der Waals surface area contributed by atoms with Gasteiger partial charge in [-0.25, -0.2) is 4.79 Å². The van der Waals surface area contributed by atoms with E-state index in [0.29, 0.717) is 5.56 Å². The fourth-order valence-electron chi connectivity index (χ4n) is 1.71. The van der Waals surface area contributed by atoms with Gasteiger partial charge >= 0.3 is 5.97 Å². The lowest BCUT2D eigenvalue weighted by molar-refractivity contribution is 0.0697. The topological polar surface area (TPSA) is 53.4 Å². The van der Waals surface area contributed by atoms with Gasteiger partial charge in [-0.15, -0.1) is 0 Å². The van der Waals surface area contributed by atoms with Crippen molar-refractivity contribution in [2.24, 2.45) is 0 Å². The van der Waals surface area contributed by atoms with Gasteiger partial charge in [-0.1, -0.05) is 13.8 Å². The number of aromatic carboxylic acids is 1. The summed E-state index contributed by atoms with van der Waals surface area (Å²) in [6, 6.07) is 1.55. The molecule has 0 aliphatic rings. The lowest BCUT2D eigenvalue weighted by Crippen LogP contribution is -2.26. The van der Waals surface area contributed by atoms with Crippen LogP contribution < -0.4 is 4.90 Å². The highest BCUT2D eigenvalue weighted by Crippen LogP contribution is 2.19. The summed E-state index contributed by atoms with van der Waals surface area (Å²) in [5.74, 6) is -0.894. The zero-order valence-electron chi connectivity index (χ0n) is 9.81. The second-order valence-electron chi connectivity index (χ2n) is 3.69. The van der Waals surface area contributed by atoms with Crippen LogP contribution in [0.3, 0.4) is 0 Å². The first kappa shape index (κ1) is 12.5. The molecule has 0 unspecified atom stereocenters. The number of nitrogens with zero attached hydrogens (tertiary/aromatic N) is 2. The van der Waals surface area contributed by atoms with Crippen LogP contribution in [0.4, 0.5) is 5.69 Å². The summed E-state index contributed by atoms with van der Waals surface area (Å²) in [4.78, 5) is 17.2. The maximum absolute atomic E-state index is 11.1. The molecule has 1 aromatic rings. The van der Waals surface area contributed by atoms with Crippen molar-refractivity contribution in [3.8, 4) is 0 Å². The lowest BCUT2D eigenvalue weighted by atomic mass is 10.2. The standard InChI is InChI=1S/C12H18N2O2/c1-3-7-14(8-4-2)11-9-13-6-5-10(11)12(15)16/h5-6,9H,3-4,7-8H2,1-2H3,(H,15,16). The number of anilines is 1. The molecule has 0 aliphatic carbocycles. The normalized spacial score (nSPS) is 10.1. The summed E-state index contributed by atoms with van der Waals surface area (Å²) in [6.45, 7) is 5.89. The molecule has 1 N–H and O–H groups in total. The zero-order chi connectivity index (χ0) is 12.0. The van der Waals surface area contributed by atoms with Crippen molar-refractivity contribution in [2.75, 3.05) is 18.0 Å². The number of rotatable bonds is 6. The van der Waals surface area contributed by atoms with Crippen LogP contribution in [-0.4, -0.2) is 29.1 Å². The largest absolute Gasteiger partial charge is 0.478 e. The molecule has 0 saturated carbocycles. The van der Waals surface area contributed by atoms with Crippen molar-refractivity contribution < 1.29 is 9.90 Å². The van der Waals surface area contributed by atoms with E-state index in [-0.39, 0.29) is 0 Å². The Balaban J connectivity index is 3.02. The summed E-state index contributed by atoms with van der Waals surface area (Å²) in [6.07, 6.45) is 5.14. The molecule has 4 heteroatoms. The molecule has 4 nitrogen and oxygen atoms in total. The van der Waals surface area contributed by atoms with Crippen molar-refractivity contribution >= 4 is 11.7 Å². The highest BCUT2D eigenvalue weighted by atomic mass is 16.4. The second kappa shape index (κ2) is 6.10. The van der Waals surface area contributed by atoms with Gasteiger partial charge in [0, 0.05) is 19.3 Å². The van der Waals surface area contributed by atoms with Crippen LogP contribution in [-0.2, 0) is 0 Å². The number of pyridine rings is 1. The van der Waals surface area contributed by atoms with E-state index in [0.717, 1.165) is 31.6 Å². The average Bonchev–Trinajstić information content (AvgIpc) is 2.29. The maximum Gasteiger partial charge on any atom is 0.337 e. The molecule has 0 bridgehead atoms. The Morgan fingerprint density at radius 2 is 2.00 bits per heavy atom. The van der Waals surface area contributed by atoms with Crippen LogP contribution in [0.15, 0.2) is 18.5 Å². The molecule has 1 heterocycles. The summed E-state index contributed by atoms with van der Waals surface area (Å²) in [5, 5.41) is 9.10. The fraction of sp³-hybridized carbons (Fsp3) is 0.500. The lowest BCUT2D eigenvalue weighted by Gasteiger charge is -2.24. The van der Waals surface area contributed by atoms with Gasteiger partial charge in [-0.3, -0.25) is 4.98 Å². The van der Waals surface area contributed by atoms with Gasteiger partial charge in [0.25, 0.3) is 0 Å². The SMILES string of the molecule is CCCN(CCC)c1cnccc1C(=O)O. The fourth-order valence-corrected chi connectivity index (χ4v) is 1.71. The van der Waals surface area contributed by atoms with Gasteiger partial charge in [0.2, 0.25) is 0 Å². The summed E-state index contributed by atoms with van der Waals surface area (Å²) in [7, 11) is 0. The molecule has 0 saturated heterocycles. The third-order valence-electron chi connectivity index (χ3n) is 2.36. The van der Waals surface area contributed by atoms with E-state index in [1.165, 1.54) is 6.20 Å². The molecule has 0 aliphatic heterocycles. The number of hydrogen-bond acceptors (Lipinski definition) is 3. The van der Waals surface area contributed by atoms with E-state index in [9.17, 15) is 4.79 Å². The minimum atomic E-state index is -0.894. The number of aromatic nitrogens is 1. The molecule has 0 fully saturated rings. The van der Waals surface area contributed by atoms with E-state index in [1.807, 2.05) is 0 Å². The minimum Gasteiger partial charge on any atom is -0.478 e. The number of carboxylic acids is 1.